The zero-order chi connectivity index (χ0) is 13.2. The van der Waals surface area contributed by atoms with Gasteiger partial charge in [0.05, 0.1) is 0 Å². The van der Waals surface area contributed by atoms with Gasteiger partial charge in [-0.15, -0.1) is 0 Å². The molecular weight excluding hydrogens is 308 g/mol. The minimum absolute atomic E-state index is 0.473. The third-order valence-corrected chi connectivity index (χ3v) is 6.45. The van der Waals surface area contributed by atoms with Crippen molar-refractivity contribution in [2.45, 2.75) is 51.6 Å². The Kier molecular flexibility index (Phi) is 4.70. The van der Waals surface area contributed by atoms with E-state index in [0.29, 0.717) is 5.41 Å². The topological polar surface area (TPSA) is 25.8 Å². The zero-order valence-electron chi connectivity index (χ0n) is 11.4. The second kappa shape index (κ2) is 5.91. The zero-order valence-corrected chi connectivity index (χ0v) is 13.8. The van der Waals surface area contributed by atoms with Crippen LogP contribution in [0.25, 0.3) is 0 Å². The van der Waals surface area contributed by atoms with Gasteiger partial charge >= 0.3 is 0 Å². The molecule has 1 aromatic heterocycles. The Hall–Kier alpha value is -0.0900. The van der Waals surface area contributed by atoms with Gasteiger partial charge in [0.25, 0.3) is 0 Å². The second-order valence-electron chi connectivity index (χ2n) is 5.43. The molecule has 1 aliphatic rings. The molecule has 2 rings (SSSR count). The van der Waals surface area contributed by atoms with E-state index in [0.717, 1.165) is 27.6 Å². The number of aromatic nitrogens is 2. The minimum Gasteiger partial charge on any atom is -0.228 e. The summed E-state index contributed by atoms with van der Waals surface area (Å²) in [5.41, 5.74) is 3.92. The van der Waals surface area contributed by atoms with Crippen LogP contribution >= 0.6 is 27.7 Å². The quantitative estimate of drug-likeness (QED) is 0.464. The maximum absolute atomic E-state index is 4.60. The van der Waals surface area contributed by atoms with Crippen LogP contribution in [0.2, 0.25) is 0 Å². The fraction of sp³-hybridized carbons (Fsp3) is 0.714. The molecule has 1 aliphatic carbocycles. The first-order valence-corrected chi connectivity index (χ1v) is 8.68. The highest BCUT2D eigenvalue weighted by Gasteiger charge is 2.33. The number of aryl methyl sites for hydroxylation is 2. The Morgan fingerprint density at radius 1 is 1.11 bits per heavy atom. The summed E-state index contributed by atoms with van der Waals surface area (Å²) >= 11 is 5.52. The molecule has 0 bridgehead atoms. The highest BCUT2D eigenvalue weighted by molar-refractivity contribution is 9.09. The average molecular weight is 329 g/mol. The van der Waals surface area contributed by atoms with E-state index in [1.807, 2.05) is 11.8 Å². The average Bonchev–Trinajstić information content (AvgIpc) is 2.83. The van der Waals surface area contributed by atoms with Gasteiger partial charge in [0, 0.05) is 22.5 Å². The second-order valence-corrected chi connectivity index (χ2v) is 6.93. The summed E-state index contributed by atoms with van der Waals surface area (Å²) in [5, 5.41) is 2.06. The van der Waals surface area contributed by atoms with E-state index in [1.54, 1.807) is 0 Å². The Bertz CT molecular complexity index is 405. The molecule has 1 saturated carbocycles. The molecule has 100 valence electrons. The maximum Gasteiger partial charge on any atom is 0.188 e. The molecule has 1 fully saturated rings. The van der Waals surface area contributed by atoms with Gasteiger partial charge in [-0.2, -0.15) is 0 Å². The van der Waals surface area contributed by atoms with Gasteiger partial charge in [0.1, 0.15) is 0 Å². The Morgan fingerprint density at radius 3 is 2.17 bits per heavy atom. The Balaban J connectivity index is 2.06. The fourth-order valence-electron chi connectivity index (χ4n) is 2.47. The summed E-state index contributed by atoms with van der Waals surface area (Å²) in [6.07, 6.45) is 5.43. The highest BCUT2D eigenvalue weighted by Crippen LogP contribution is 2.43. The molecule has 0 aliphatic heterocycles. The number of hydrogen-bond donors (Lipinski definition) is 0. The van der Waals surface area contributed by atoms with Crippen molar-refractivity contribution in [2.24, 2.45) is 5.41 Å². The van der Waals surface area contributed by atoms with Gasteiger partial charge in [-0.1, -0.05) is 40.5 Å². The van der Waals surface area contributed by atoms with E-state index >= 15 is 0 Å². The fourth-order valence-corrected chi connectivity index (χ4v) is 4.72. The molecule has 1 aromatic rings. The van der Waals surface area contributed by atoms with Crippen LogP contribution in [-0.2, 0) is 0 Å². The molecule has 0 aromatic carbocycles. The molecule has 0 atom stereocenters. The predicted octanol–water partition coefficient (Wildman–Crippen LogP) is 4.45. The first kappa shape index (κ1) is 14.3. The summed E-state index contributed by atoms with van der Waals surface area (Å²) in [6.45, 7) is 6.24. The van der Waals surface area contributed by atoms with Crippen LogP contribution < -0.4 is 0 Å². The lowest BCUT2D eigenvalue weighted by Crippen LogP contribution is -2.21. The lowest BCUT2D eigenvalue weighted by atomic mass is 9.92. The smallest absolute Gasteiger partial charge is 0.188 e. The van der Waals surface area contributed by atoms with Crippen LogP contribution in [0.5, 0.6) is 0 Å². The van der Waals surface area contributed by atoms with Crippen molar-refractivity contribution in [3.63, 3.8) is 0 Å². The molecule has 0 unspecified atom stereocenters. The van der Waals surface area contributed by atoms with E-state index in [-0.39, 0.29) is 0 Å². The van der Waals surface area contributed by atoms with Gasteiger partial charge in [0.2, 0.25) is 0 Å². The van der Waals surface area contributed by atoms with Crippen molar-refractivity contribution >= 4 is 27.7 Å². The molecule has 0 amide bonds. The van der Waals surface area contributed by atoms with Gasteiger partial charge in [0.15, 0.2) is 5.16 Å². The Labute approximate surface area is 123 Å². The molecule has 0 spiro atoms. The van der Waals surface area contributed by atoms with Crippen LogP contribution in [0.4, 0.5) is 0 Å². The molecule has 0 saturated heterocycles. The lowest BCUT2D eigenvalue weighted by Gasteiger charge is -2.25. The summed E-state index contributed by atoms with van der Waals surface area (Å²) in [4.78, 5) is 9.19. The van der Waals surface area contributed by atoms with Crippen molar-refractivity contribution in [2.75, 3.05) is 11.1 Å². The largest absolute Gasteiger partial charge is 0.228 e. The SMILES string of the molecule is Cc1nc(SCC2(CBr)CCCC2)nc(C)c1C. The molecule has 4 heteroatoms. The van der Waals surface area contributed by atoms with E-state index in [4.69, 9.17) is 0 Å². The van der Waals surface area contributed by atoms with Crippen LogP contribution in [0, 0.1) is 26.2 Å². The van der Waals surface area contributed by atoms with Crippen molar-refractivity contribution in [1.82, 2.24) is 9.97 Å². The first-order chi connectivity index (χ1) is 8.56. The van der Waals surface area contributed by atoms with Gasteiger partial charge < -0.3 is 0 Å². The van der Waals surface area contributed by atoms with E-state index in [9.17, 15) is 0 Å². The maximum atomic E-state index is 4.60. The number of hydrogen-bond acceptors (Lipinski definition) is 3. The monoisotopic (exact) mass is 328 g/mol. The third kappa shape index (κ3) is 3.08. The summed E-state index contributed by atoms with van der Waals surface area (Å²) in [7, 11) is 0. The molecule has 1 heterocycles. The molecule has 18 heavy (non-hydrogen) atoms. The Morgan fingerprint density at radius 2 is 1.67 bits per heavy atom. The van der Waals surface area contributed by atoms with E-state index in [1.165, 1.54) is 31.2 Å². The standard InChI is InChI=1S/C14H21BrN2S/c1-10-11(2)16-13(17-12(10)3)18-9-14(8-15)6-4-5-7-14/h4-9H2,1-3H3. The van der Waals surface area contributed by atoms with Crippen molar-refractivity contribution < 1.29 is 0 Å². The highest BCUT2D eigenvalue weighted by atomic mass is 79.9. The third-order valence-electron chi connectivity index (χ3n) is 4.07. The molecule has 2 nitrogen and oxygen atoms in total. The van der Waals surface area contributed by atoms with Crippen LogP contribution in [-0.4, -0.2) is 21.1 Å². The van der Waals surface area contributed by atoms with Gasteiger partial charge in [-0.25, -0.2) is 9.97 Å². The van der Waals surface area contributed by atoms with Crippen LogP contribution in [0.3, 0.4) is 0 Å². The van der Waals surface area contributed by atoms with Gasteiger partial charge in [-0.3, -0.25) is 0 Å². The van der Waals surface area contributed by atoms with E-state index in [2.05, 4.69) is 46.7 Å². The normalized spacial score (nSPS) is 18.2. The lowest BCUT2D eigenvalue weighted by molar-refractivity contribution is 0.405. The van der Waals surface area contributed by atoms with Crippen molar-refractivity contribution in [1.29, 1.82) is 0 Å². The number of halogens is 1. The van der Waals surface area contributed by atoms with Crippen LogP contribution in [0.1, 0.15) is 42.6 Å². The van der Waals surface area contributed by atoms with Crippen LogP contribution in [0.15, 0.2) is 5.16 Å². The number of thioether (sulfide) groups is 1. The summed E-state index contributed by atoms with van der Waals surface area (Å²) in [5.74, 6) is 1.14. The molecule has 0 N–H and O–H groups in total. The number of nitrogens with zero attached hydrogens (tertiary/aromatic N) is 2. The number of rotatable bonds is 4. The van der Waals surface area contributed by atoms with Gasteiger partial charge in [-0.05, 0) is 44.6 Å². The van der Waals surface area contributed by atoms with Crippen molar-refractivity contribution in [3.8, 4) is 0 Å². The van der Waals surface area contributed by atoms with E-state index < -0.39 is 0 Å². The minimum atomic E-state index is 0.473. The number of alkyl halides is 1. The summed E-state index contributed by atoms with van der Waals surface area (Å²) < 4.78 is 0. The summed E-state index contributed by atoms with van der Waals surface area (Å²) in [6, 6.07) is 0. The molecule has 0 radical (unpaired) electrons. The first-order valence-electron chi connectivity index (χ1n) is 6.57. The molecular formula is C14H21BrN2S. The predicted molar refractivity (Wildman–Crippen MR) is 81.7 cm³/mol. The van der Waals surface area contributed by atoms with Crippen molar-refractivity contribution in [3.05, 3.63) is 17.0 Å².